The Bertz CT molecular complexity index is 1010. The Labute approximate surface area is 197 Å². The first kappa shape index (κ1) is 27.1. The number of halogens is 3. The number of benzene rings is 1. The van der Waals surface area contributed by atoms with E-state index in [-0.39, 0.29) is 41.0 Å². The molecule has 2 rings (SSSR count). The molecule has 0 aliphatic rings. The van der Waals surface area contributed by atoms with Crippen molar-refractivity contribution in [1.82, 2.24) is 0 Å². The van der Waals surface area contributed by atoms with Gasteiger partial charge in [-0.15, -0.1) is 11.3 Å². The van der Waals surface area contributed by atoms with Gasteiger partial charge in [0.25, 0.3) is 0 Å². The molecule has 3 N–H and O–H groups in total. The molecule has 0 saturated heterocycles. The van der Waals surface area contributed by atoms with Crippen molar-refractivity contribution >= 4 is 50.9 Å². The number of carbonyl (C=O) groups excluding carboxylic acids is 1. The average Bonchev–Trinajstić information content (AvgIpc) is 3.02. The maximum atomic E-state index is 15.4. The Morgan fingerprint density at radius 3 is 2.34 bits per heavy atom. The van der Waals surface area contributed by atoms with Gasteiger partial charge in [-0.05, 0) is 68.6 Å². The van der Waals surface area contributed by atoms with Gasteiger partial charge in [-0.2, -0.15) is 8.78 Å². The van der Waals surface area contributed by atoms with Gasteiger partial charge in [0, 0.05) is 15.4 Å². The zero-order valence-corrected chi connectivity index (χ0v) is 21.5. The second kappa shape index (κ2) is 10.4. The van der Waals surface area contributed by atoms with Crippen molar-refractivity contribution in [3.63, 3.8) is 0 Å². The summed E-state index contributed by atoms with van der Waals surface area (Å²) in [6.07, 6.45) is 0.945. The molecule has 0 unspecified atom stereocenters. The molecule has 1 aromatic heterocycles. The van der Waals surface area contributed by atoms with Crippen LogP contribution in [0.5, 0.6) is 5.75 Å². The number of hydrogen-bond acceptors (Lipinski definition) is 7. The number of primary amides is 1. The molecule has 0 aliphatic carbocycles. The fourth-order valence-corrected chi connectivity index (χ4v) is 6.95. The van der Waals surface area contributed by atoms with Gasteiger partial charge in [-0.3, -0.25) is 9.36 Å². The van der Waals surface area contributed by atoms with Crippen LogP contribution >= 0.6 is 34.9 Å². The molecule has 0 fully saturated rings. The Hall–Kier alpha value is -1.10. The molecule has 0 saturated carbocycles. The molecule has 0 radical (unpaired) electrons. The van der Waals surface area contributed by atoms with Crippen LogP contribution < -0.4 is 10.5 Å². The summed E-state index contributed by atoms with van der Waals surface area (Å²) in [6.45, 7) is 5.95. The summed E-state index contributed by atoms with van der Waals surface area (Å²) in [4.78, 5) is 11.2. The Morgan fingerprint density at radius 1 is 1.25 bits per heavy atom. The molecule has 1 amide bonds. The topological polar surface area (TPSA) is 108 Å². The largest absolute Gasteiger partial charge is 0.492 e. The molecule has 12 heteroatoms. The van der Waals surface area contributed by atoms with Crippen LogP contribution in [0.2, 0.25) is 0 Å². The van der Waals surface area contributed by atoms with E-state index in [0.717, 1.165) is 0 Å². The predicted octanol–water partition coefficient (Wildman–Crippen LogP) is 6.01. The van der Waals surface area contributed by atoms with Crippen LogP contribution in [0.1, 0.15) is 55.8 Å². The zero-order valence-electron chi connectivity index (χ0n) is 18.2. The molecule has 1 aromatic carbocycles. The second-order valence-electron chi connectivity index (χ2n) is 7.60. The number of aliphatic hydroxyl groups is 1. The number of carbonyl (C=O) groups is 1. The van der Waals surface area contributed by atoms with E-state index in [4.69, 9.17) is 19.5 Å². The molecule has 0 bridgehead atoms. The number of rotatable bonds is 12. The van der Waals surface area contributed by atoms with Crippen LogP contribution in [0.4, 0.5) is 8.78 Å². The van der Waals surface area contributed by atoms with E-state index in [1.807, 2.05) is 0 Å². The highest BCUT2D eigenvalue weighted by molar-refractivity contribution is 9.10. The lowest BCUT2D eigenvalue weighted by Crippen LogP contribution is -2.19. The SMILES string of the molecule is CCOP(=O)(OCC)C(F)(F)c1sc2c(OCCCC(C)(C)O)cc(C(N)=O)cc2c1Br. The van der Waals surface area contributed by atoms with Gasteiger partial charge in [0.2, 0.25) is 5.91 Å². The molecule has 32 heavy (non-hydrogen) atoms. The monoisotopic (exact) mass is 557 g/mol. The third-order valence-corrected chi connectivity index (χ3v) is 9.02. The van der Waals surface area contributed by atoms with E-state index in [1.165, 1.54) is 26.0 Å². The summed E-state index contributed by atoms with van der Waals surface area (Å²) in [6, 6.07) is 2.75. The average molecular weight is 558 g/mol. The Kier molecular flexibility index (Phi) is 8.86. The summed E-state index contributed by atoms with van der Waals surface area (Å²) >= 11 is 3.83. The normalized spacial score (nSPS) is 13.0. The molecular formula is C20H27BrF2NO6PS. The van der Waals surface area contributed by atoms with Crippen molar-refractivity contribution in [3.8, 4) is 5.75 Å². The Morgan fingerprint density at radius 2 is 1.84 bits per heavy atom. The standard InChI is InChI=1S/C20H27BrF2NO6PS/c1-5-29-31(27,30-6-2)20(22,23)17-15(21)13-10-12(18(24)25)11-14(16(13)32-17)28-9-7-8-19(3,4)26/h10-11,26H,5-9H2,1-4H3,(H2,24,25). The summed E-state index contributed by atoms with van der Waals surface area (Å²) in [5.41, 5.74) is 0.643. The number of ether oxygens (including phenoxy) is 1. The van der Waals surface area contributed by atoms with Crippen molar-refractivity contribution in [3.05, 3.63) is 27.0 Å². The zero-order chi connectivity index (χ0) is 24.3. The van der Waals surface area contributed by atoms with E-state index in [9.17, 15) is 14.5 Å². The lowest BCUT2D eigenvalue weighted by molar-refractivity contribution is 0.0387. The minimum Gasteiger partial charge on any atom is -0.492 e. The van der Waals surface area contributed by atoms with Crippen LogP contribution in [-0.2, 0) is 19.3 Å². The lowest BCUT2D eigenvalue weighted by Gasteiger charge is -2.25. The van der Waals surface area contributed by atoms with E-state index >= 15 is 8.78 Å². The predicted molar refractivity (Wildman–Crippen MR) is 124 cm³/mol. The molecule has 0 aliphatic heterocycles. The van der Waals surface area contributed by atoms with Gasteiger partial charge in [-0.1, -0.05) is 0 Å². The summed E-state index contributed by atoms with van der Waals surface area (Å²) in [5.74, 6) is -0.573. The fourth-order valence-electron chi connectivity index (χ4n) is 2.93. The van der Waals surface area contributed by atoms with E-state index in [1.54, 1.807) is 13.8 Å². The molecule has 2 aromatic rings. The van der Waals surface area contributed by atoms with E-state index in [2.05, 4.69) is 15.9 Å². The Balaban J connectivity index is 2.57. The smallest absolute Gasteiger partial charge is 0.405 e. The van der Waals surface area contributed by atoms with Crippen LogP contribution in [0.25, 0.3) is 10.1 Å². The minimum absolute atomic E-state index is 0.0495. The molecule has 1 heterocycles. The summed E-state index contributed by atoms with van der Waals surface area (Å²) in [5, 5.41) is 10.1. The third-order valence-electron chi connectivity index (χ3n) is 4.39. The number of nitrogens with two attached hydrogens (primary N) is 1. The van der Waals surface area contributed by atoms with Crippen LogP contribution in [0, 0.1) is 0 Å². The third kappa shape index (κ3) is 5.87. The van der Waals surface area contributed by atoms with Crippen LogP contribution in [0.3, 0.4) is 0 Å². The maximum Gasteiger partial charge on any atom is 0.405 e. The number of thiophene rings is 1. The molecule has 180 valence electrons. The second-order valence-corrected chi connectivity index (χ2v) is 11.5. The first-order valence-electron chi connectivity index (χ1n) is 9.96. The quantitative estimate of drug-likeness (QED) is 0.244. The first-order chi connectivity index (χ1) is 14.8. The number of fused-ring (bicyclic) bond motifs is 1. The van der Waals surface area contributed by atoms with Gasteiger partial charge in [0.15, 0.2) is 0 Å². The van der Waals surface area contributed by atoms with Crippen molar-refractivity contribution in [2.75, 3.05) is 19.8 Å². The number of alkyl halides is 2. The highest BCUT2D eigenvalue weighted by Gasteiger charge is 2.57. The van der Waals surface area contributed by atoms with E-state index in [0.29, 0.717) is 28.9 Å². The van der Waals surface area contributed by atoms with Gasteiger partial charge >= 0.3 is 13.3 Å². The van der Waals surface area contributed by atoms with Crippen molar-refractivity contribution in [2.45, 2.75) is 51.8 Å². The van der Waals surface area contributed by atoms with Crippen molar-refractivity contribution in [1.29, 1.82) is 0 Å². The highest BCUT2D eigenvalue weighted by atomic mass is 79.9. The minimum atomic E-state index is -4.83. The maximum absolute atomic E-state index is 15.4. The van der Waals surface area contributed by atoms with Crippen molar-refractivity contribution < 1.29 is 37.0 Å². The lowest BCUT2D eigenvalue weighted by atomic mass is 10.0. The van der Waals surface area contributed by atoms with E-state index < -0.39 is 29.6 Å². The van der Waals surface area contributed by atoms with Crippen molar-refractivity contribution in [2.24, 2.45) is 5.73 Å². The summed E-state index contributed by atoms with van der Waals surface area (Å²) in [7, 11) is -4.83. The van der Waals surface area contributed by atoms with Gasteiger partial charge in [-0.25, -0.2) is 0 Å². The molecule has 7 nitrogen and oxygen atoms in total. The van der Waals surface area contributed by atoms with Gasteiger partial charge in [0.1, 0.15) is 10.6 Å². The van der Waals surface area contributed by atoms with Crippen LogP contribution in [0.15, 0.2) is 16.6 Å². The highest BCUT2D eigenvalue weighted by Crippen LogP contribution is 2.69. The molecule has 0 atom stereocenters. The molecule has 0 spiro atoms. The number of amides is 1. The molecular weight excluding hydrogens is 531 g/mol. The van der Waals surface area contributed by atoms with Crippen LogP contribution in [-0.4, -0.2) is 36.4 Å². The number of hydrogen-bond donors (Lipinski definition) is 2. The van der Waals surface area contributed by atoms with Gasteiger partial charge in [0.05, 0.1) is 30.1 Å². The summed E-state index contributed by atoms with van der Waals surface area (Å²) < 4.78 is 59.5. The van der Waals surface area contributed by atoms with Gasteiger partial charge < -0.3 is 24.6 Å². The first-order valence-corrected chi connectivity index (χ1v) is 13.1. The fraction of sp³-hybridized carbons (Fsp3) is 0.550.